The van der Waals surface area contributed by atoms with E-state index in [1.807, 2.05) is 19.1 Å². The minimum atomic E-state index is -0.920. The predicted octanol–water partition coefficient (Wildman–Crippen LogP) is 3.36. The second kappa shape index (κ2) is 7.44. The first-order valence-electron chi connectivity index (χ1n) is 7.04. The van der Waals surface area contributed by atoms with Gasteiger partial charge in [-0.15, -0.1) is 0 Å². The molecular formula is C17H20ClNO4. The van der Waals surface area contributed by atoms with E-state index in [1.165, 1.54) is 14.2 Å². The fraction of sp³-hybridized carbons (Fsp3) is 0.294. The highest BCUT2D eigenvalue weighted by Crippen LogP contribution is 2.36. The molecule has 0 bridgehead atoms. The van der Waals surface area contributed by atoms with E-state index in [4.69, 9.17) is 31.5 Å². The Morgan fingerprint density at radius 1 is 1.09 bits per heavy atom. The molecule has 0 aliphatic carbocycles. The standard InChI is InChI=1S/C17H20ClNO4/c1-10-4-5-15(13(19)6-10)23-9-14(20)11-7-17(22-3)12(18)8-16(11)21-2/h4-8,14,20H,9,19H2,1-3H3. The summed E-state index contributed by atoms with van der Waals surface area (Å²) in [5.41, 5.74) is 7.99. The number of anilines is 1. The Morgan fingerprint density at radius 2 is 1.78 bits per heavy atom. The number of rotatable bonds is 6. The summed E-state index contributed by atoms with van der Waals surface area (Å²) in [4.78, 5) is 0. The van der Waals surface area contributed by atoms with E-state index in [1.54, 1.807) is 18.2 Å². The zero-order chi connectivity index (χ0) is 17.0. The number of halogens is 1. The maximum absolute atomic E-state index is 10.4. The summed E-state index contributed by atoms with van der Waals surface area (Å²) < 4.78 is 16.0. The lowest BCUT2D eigenvalue weighted by Crippen LogP contribution is -2.12. The van der Waals surface area contributed by atoms with Crippen molar-refractivity contribution in [3.63, 3.8) is 0 Å². The van der Waals surface area contributed by atoms with Gasteiger partial charge in [-0.2, -0.15) is 0 Å². The highest BCUT2D eigenvalue weighted by atomic mass is 35.5. The fourth-order valence-electron chi connectivity index (χ4n) is 2.20. The molecule has 124 valence electrons. The molecule has 3 N–H and O–H groups in total. The molecule has 0 radical (unpaired) electrons. The van der Waals surface area contributed by atoms with Gasteiger partial charge in [0.1, 0.15) is 30.0 Å². The number of nitrogens with two attached hydrogens (primary N) is 1. The van der Waals surface area contributed by atoms with Crippen molar-refractivity contribution in [2.45, 2.75) is 13.0 Å². The molecule has 2 aromatic rings. The van der Waals surface area contributed by atoms with Crippen LogP contribution in [-0.2, 0) is 0 Å². The van der Waals surface area contributed by atoms with Gasteiger partial charge in [0.2, 0.25) is 0 Å². The number of hydrogen-bond donors (Lipinski definition) is 2. The van der Waals surface area contributed by atoms with Crippen molar-refractivity contribution in [2.24, 2.45) is 0 Å². The van der Waals surface area contributed by atoms with Crippen molar-refractivity contribution in [1.29, 1.82) is 0 Å². The number of aliphatic hydroxyl groups excluding tert-OH is 1. The SMILES string of the molecule is COc1cc(C(O)COc2ccc(C)cc2N)c(OC)cc1Cl. The summed E-state index contributed by atoms with van der Waals surface area (Å²) in [5.74, 6) is 1.44. The number of benzene rings is 2. The van der Waals surface area contributed by atoms with Gasteiger partial charge >= 0.3 is 0 Å². The second-order valence-corrected chi connectivity index (χ2v) is 5.50. The van der Waals surface area contributed by atoms with Crippen LogP contribution in [0.25, 0.3) is 0 Å². The Kier molecular flexibility index (Phi) is 5.58. The predicted molar refractivity (Wildman–Crippen MR) is 90.6 cm³/mol. The highest BCUT2D eigenvalue weighted by molar-refractivity contribution is 6.32. The molecule has 1 unspecified atom stereocenters. The Balaban J connectivity index is 2.18. The maximum atomic E-state index is 10.4. The van der Waals surface area contributed by atoms with Crippen LogP contribution >= 0.6 is 11.6 Å². The van der Waals surface area contributed by atoms with Crippen LogP contribution in [0.15, 0.2) is 30.3 Å². The van der Waals surface area contributed by atoms with Crippen LogP contribution in [-0.4, -0.2) is 25.9 Å². The third-order valence-electron chi connectivity index (χ3n) is 3.43. The van der Waals surface area contributed by atoms with E-state index >= 15 is 0 Å². The molecule has 0 aliphatic rings. The molecule has 0 amide bonds. The van der Waals surface area contributed by atoms with Gasteiger partial charge in [0, 0.05) is 11.6 Å². The Bertz CT molecular complexity index is 691. The number of nitrogen functional groups attached to an aromatic ring is 1. The Morgan fingerprint density at radius 3 is 2.39 bits per heavy atom. The molecule has 0 saturated carbocycles. The van der Waals surface area contributed by atoms with E-state index in [9.17, 15) is 5.11 Å². The summed E-state index contributed by atoms with van der Waals surface area (Å²) in [6.45, 7) is 1.97. The smallest absolute Gasteiger partial charge is 0.142 e. The number of methoxy groups -OCH3 is 2. The molecule has 0 aromatic heterocycles. The summed E-state index contributed by atoms with van der Waals surface area (Å²) in [5, 5.41) is 10.8. The van der Waals surface area contributed by atoms with E-state index < -0.39 is 6.10 Å². The summed E-state index contributed by atoms with van der Waals surface area (Å²) >= 11 is 6.06. The van der Waals surface area contributed by atoms with Crippen LogP contribution in [0.2, 0.25) is 5.02 Å². The molecule has 2 rings (SSSR count). The van der Waals surface area contributed by atoms with Gasteiger partial charge in [0.15, 0.2) is 0 Å². The van der Waals surface area contributed by atoms with Gasteiger partial charge in [0.25, 0.3) is 0 Å². The van der Waals surface area contributed by atoms with E-state index in [0.29, 0.717) is 33.5 Å². The molecule has 0 aliphatic heterocycles. The molecule has 6 heteroatoms. The minimum absolute atomic E-state index is 0.0222. The normalized spacial score (nSPS) is 11.9. The van der Waals surface area contributed by atoms with Crippen LogP contribution in [0, 0.1) is 6.92 Å². The highest BCUT2D eigenvalue weighted by Gasteiger charge is 2.18. The zero-order valence-corrected chi connectivity index (χ0v) is 14.1. The monoisotopic (exact) mass is 337 g/mol. The zero-order valence-electron chi connectivity index (χ0n) is 13.3. The van der Waals surface area contributed by atoms with Crippen molar-refractivity contribution in [3.8, 4) is 17.2 Å². The molecule has 1 atom stereocenters. The largest absolute Gasteiger partial charge is 0.496 e. The van der Waals surface area contributed by atoms with Crippen molar-refractivity contribution in [3.05, 3.63) is 46.5 Å². The quantitative estimate of drug-likeness (QED) is 0.791. The van der Waals surface area contributed by atoms with Gasteiger partial charge in [-0.05, 0) is 30.7 Å². The lowest BCUT2D eigenvalue weighted by atomic mass is 10.1. The summed E-state index contributed by atoms with van der Waals surface area (Å²) in [6.07, 6.45) is -0.920. The number of ether oxygens (including phenoxy) is 3. The summed E-state index contributed by atoms with van der Waals surface area (Å²) in [7, 11) is 3.01. The van der Waals surface area contributed by atoms with Gasteiger partial charge in [-0.3, -0.25) is 0 Å². The van der Waals surface area contributed by atoms with Crippen molar-refractivity contribution in [1.82, 2.24) is 0 Å². The molecule has 2 aromatic carbocycles. The van der Waals surface area contributed by atoms with Gasteiger partial charge in [-0.1, -0.05) is 17.7 Å². The maximum Gasteiger partial charge on any atom is 0.142 e. The minimum Gasteiger partial charge on any atom is -0.496 e. The van der Waals surface area contributed by atoms with Crippen molar-refractivity contribution >= 4 is 17.3 Å². The summed E-state index contributed by atoms with van der Waals surface area (Å²) in [6, 6.07) is 8.71. The van der Waals surface area contributed by atoms with E-state index in [0.717, 1.165) is 5.56 Å². The van der Waals surface area contributed by atoms with Crippen LogP contribution in [0.3, 0.4) is 0 Å². The van der Waals surface area contributed by atoms with Crippen molar-refractivity contribution < 1.29 is 19.3 Å². The van der Waals surface area contributed by atoms with Crippen LogP contribution in [0.1, 0.15) is 17.2 Å². The van der Waals surface area contributed by atoms with Crippen LogP contribution < -0.4 is 19.9 Å². The van der Waals surface area contributed by atoms with Crippen LogP contribution in [0.4, 0.5) is 5.69 Å². The first kappa shape index (κ1) is 17.2. The first-order chi connectivity index (χ1) is 11.0. The van der Waals surface area contributed by atoms with E-state index in [-0.39, 0.29) is 6.61 Å². The average Bonchev–Trinajstić information content (AvgIpc) is 2.53. The topological polar surface area (TPSA) is 73.9 Å². The molecular weight excluding hydrogens is 318 g/mol. The van der Waals surface area contributed by atoms with Gasteiger partial charge < -0.3 is 25.1 Å². The first-order valence-corrected chi connectivity index (χ1v) is 7.42. The molecule has 23 heavy (non-hydrogen) atoms. The molecule has 0 fully saturated rings. The average molecular weight is 338 g/mol. The second-order valence-electron chi connectivity index (χ2n) is 5.10. The van der Waals surface area contributed by atoms with Crippen molar-refractivity contribution in [2.75, 3.05) is 26.6 Å². The number of aryl methyl sites for hydroxylation is 1. The molecule has 0 saturated heterocycles. The van der Waals surface area contributed by atoms with Gasteiger partial charge in [-0.25, -0.2) is 0 Å². The number of aliphatic hydroxyl groups is 1. The Hall–Kier alpha value is -2.11. The Labute approximate surface area is 140 Å². The third kappa shape index (κ3) is 4.00. The molecule has 0 heterocycles. The molecule has 0 spiro atoms. The lowest BCUT2D eigenvalue weighted by Gasteiger charge is -2.18. The fourth-order valence-corrected chi connectivity index (χ4v) is 2.43. The van der Waals surface area contributed by atoms with Crippen LogP contribution in [0.5, 0.6) is 17.2 Å². The molecule has 5 nitrogen and oxygen atoms in total. The lowest BCUT2D eigenvalue weighted by molar-refractivity contribution is 0.106. The van der Waals surface area contributed by atoms with E-state index in [2.05, 4.69) is 0 Å². The third-order valence-corrected chi connectivity index (χ3v) is 3.72. The number of hydrogen-bond acceptors (Lipinski definition) is 5. The van der Waals surface area contributed by atoms with Gasteiger partial charge in [0.05, 0.1) is 24.9 Å².